The summed E-state index contributed by atoms with van der Waals surface area (Å²) in [5, 5.41) is 0.227. The highest BCUT2D eigenvalue weighted by Crippen LogP contribution is 2.29. The normalized spacial score (nSPS) is 10.6. The van der Waals surface area contributed by atoms with E-state index in [1.54, 1.807) is 12.1 Å². The van der Waals surface area contributed by atoms with Gasteiger partial charge in [-0.05, 0) is 58.2 Å². The van der Waals surface area contributed by atoms with Gasteiger partial charge in [0.2, 0.25) is 5.78 Å². The molecular formula is C10H6BrClO2S. The number of rotatable bonds is 2. The van der Waals surface area contributed by atoms with Gasteiger partial charge < -0.3 is 4.42 Å². The Morgan fingerprint density at radius 1 is 1.53 bits per heavy atom. The minimum atomic E-state index is -0.138. The molecule has 15 heavy (non-hydrogen) atoms. The highest BCUT2D eigenvalue weighted by atomic mass is 79.9. The van der Waals surface area contributed by atoms with Gasteiger partial charge in [0.1, 0.15) is 0 Å². The summed E-state index contributed by atoms with van der Waals surface area (Å²) in [5.74, 6) is 0.134. The van der Waals surface area contributed by atoms with E-state index >= 15 is 0 Å². The molecule has 0 fully saturated rings. The molecule has 0 saturated carbocycles. The third-order valence-corrected chi connectivity index (χ3v) is 4.22. The van der Waals surface area contributed by atoms with Crippen molar-refractivity contribution >= 4 is 44.7 Å². The van der Waals surface area contributed by atoms with Crippen molar-refractivity contribution in [1.82, 2.24) is 0 Å². The van der Waals surface area contributed by atoms with Gasteiger partial charge in [0.05, 0.1) is 8.66 Å². The molecular weight excluding hydrogens is 300 g/mol. The van der Waals surface area contributed by atoms with E-state index in [1.165, 1.54) is 11.3 Å². The van der Waals surface area contributed by atoms with Crippen LogP contribution in [-0.4, -0.2) is 5.78 Å². The van der Waals surface area contributed by atoms with Crippen LogP contribution in [0.4, 0.5) is 0 Å². The Hall–Kier alpha value is -0.580. The van der Waals surface area contributed by atoms with Crippen LogP contribution in [0.3, 0.4) is 0 Å². The first-order valence-corrected chi connectivity index (χ1v) is 6.12. The van der Waals surface area contributed by atoms with Crippen LogP contribution in [0.1, 0.15) is 21.0 Å². The maximum absolute atomic E-state index is 11.9. The van der Waals surface area contributed by atoms with Crippen LogP contribution in [-0.2, 0) is 0 Å². The summed E-state index contributed by atoms with van der Waals surface area (Å²) < 4.78 is 6.02. The molecule has 0 radical (unpaired) electrons. The monoisotopic (exact) mass is 304 g/mol. The molecule has 0 aliphatic carbocycles. The second-order valence-corrected chi connectivity index (χ2v) is 5.74. The molecule has 5 heteroatoms. The summed E-state index contributed by atoms with van der Waals surface area (Å²) in [4.78, 5) is 12.5. The molecule has 0 N–H and O–H groups in total. The van der Waals surface area contributed by atoms with E-state index in [4.69, 9.17) is 16.0 Å². The summed E-state index contributed by atoms with van der Waals surface area (Å²) >= 11 is 10.4. The molecule has 0 saturated heterocycles. The third-order valence-electron chi connectivity index (χ3n) is 1.88. The quantitative estimate of drug-likeness (QED) is 0.775. The SMILES string of the molecule is Cc1cc(C(=O)c2ccc(Cl)o2)sc1Br. The van der Waals surface area contributed by atoms with Crippen molar-refractivity contribution in [2.45, 2.75) is 6.92 Å². The molecule has 2 aromatic heterocycles. The third kappa shape index (κ3) is 2.17. The van der Waals surface area contributed by atoms with Gasteiger partial charge in [-0.1, -0.05) is 0 Å². The smallest absolute Gasteiger partial charge is 0.238 e. The zero-order chi connectivity index (χ0) is 11.0. The largest absolute Gasteiger partial charge is 0.441 e. The molecule has 2 aromatic rings. The number of furan rings is 1. The number of aryl methyl sites for hydroxylation is 1. The highest BCUT2D eigenvalue weighted by molar-refractivity contribution is 9.11. The van der Waals surface area contributed by atoms with E-state index < -0.39 is 0 Å². The summed E-state index contributed by atoms with van der Waals surface area (Å²) in [5.41, 5.74) is 1.04. The van der Waals surface area contributed by atoms with Crippen molar-refractivity contribution < 1.29 is 9.21 Å². The van der Waals surface area contributed by atoms with Crippen LogP contribution < -0.4 is 0 Å². The van der Waals surface area contributed by atoms with E-state index in [0.29, 0.717) is 4.88 Å². The minimum Gasteiger partial charge on any atom is -0.441 e. The lowest BCUT2D eigenvalue weighted by molar-refractivity contribution is 0.101. The van der Waals surface area contributed by atoms with Crippen molar-refractivity contribution in [2.24, 2.45) is 0 Å². The summed E-state index contributed by atoms with van der Waals surface area (Å²) in [6.07, 6.45) is 0. The average molecular weight is 306 g/mol. The van der Waals surface area contributed by atoms with Crippen molar-refractivity contribution in [1.29, 1.82) is 0 Å². The fourth-order valence-corrected chi connectivity index (χ4v) is 2.76. The molecule has 0 amide bonds. The van der Waals surface area contributed by atoms with Gasteiger partial charge in [0.25, 0.3) is 0 Å². The second-order valence-electron chi connectivity index (χ2n) is 3.00. The molecule has 0 atom stereocenters. The number of thiophene rings is 1. The van der Waals surface area contributed by atoms with Crippen molar-refractivity contribution in [2.75, 3.05) is 0 Å². The van der Waals surface area contributed by atoms with Crippen LogP contribution in [0.5, 0.6) is 0 Å². The Balaban J connectivity index is 2.36. The van der Waals surface area contributed by atoms with E-state index in [2.05, 4.69) is 15.9 Å². The Morgan fingerprint density at radius 3 is 2.73 bits per heavy atom. The van der Waals surface area contributed by atoms with Gasteiger partial charge in [-0.2, -0.15) is 0 Å². The van der Waals surface area contributed by atoms with Crippen molar-refractivity contribution in [3.63, 3.8) is 0 Å². The van der Waals surface area contributed by atoms with Gasteiger partial charge >= 0.3 is 0 Å². The van der Waals surface area contributed by atoms with E-state index in [0.717, 1.165) is 9.35 Å². The number of ketones is 1. The predicted molar refractivity (Wildman–Crippen MR) is 63.9 cm³/mol. The van der Waals surface area contributed by atoms with E-state index in [9.17, 15) is 4.79 Å². The zero-order valence-corrected chi connectivity index (χ0v) is 10.9. The number of carbonyl (C=O) groups excluding carboxylic acids is 1. The molecule has 0 aliphatic heterocycles. The van der Waals surface area contributed by atoms with Gasteiger partial charge in [-0.15, -0.1) is 11.3 Å². The average Bonchev–Trinajstić information content (AvgIpc) is 2.74. The Labute approximate surface area is 104 Å². The van der Waals surface area contributed by atoms with Crippen LogP contribution >= 0.6 is 38.9 Å². The molecule has 0 unspecified atom stereocenters. The van der Waals surface area contributed by atoms with E-state index in [-0.39, 0.29) is 16.8 Å². The number of hydrogen-bond acceptors (Lipinski definition) is 3. The summed E-state index contributed by atoms with van der Waals surface area (Å²) in [6, 6.07) is 4.96. The Bertz CT molecular complexity index is 496. The summed E-state index contributed by atoms with van der Waals surface area (Å²) in [7, 11) is 0. The molecule has 0 bridgehead atoms. The minimum absolute atomic E-state index is 0.138. The second kappa shape index (κ2) is 4.12. The van der Waals surface area contributed by atoms with Crippen LogP contribution in [0, 0.1) is 6.92 Å². The van der Waals surface area contributed by atoms with Gasteiger partial charge in [-0.25, -0.2) is 0 Å². The zero-order valence-electron chi connectivity index (χ0n) is 7.71. The van der Waals surface area contributed by atoms with E-state index in [1.807, 2.05) is 13.0 Å². The van der Waals surface area contributed by atoms with Crippen LogP contribution in [0.15, 0.2) is 26.4 Å². The lowest BCUT2D eigenvalue weighted by Crippen LogP contribution is -1.95. The number of carbonyl (C=O) groups is 1. The van der Waals surface area contributed by atoms with Crippen LogP contribution in [0.2, 0.25) is 5.22 Å². The standard InChI is InChI=1S/C10H6BrClO2S/c1-5-4-7(15-10(5)11)9(13)6-2-3-8(12)14-6/h2-4H,1H3. The van der Waals surface area contributed by atoms with Crippen LogP contribution in [0.25, 0.3) is 0 Å². The number of hydrogen-bond donors (Lipinski definition) is 0. The van der Waals surface area contributed by atoms with Gasteiger partial charge in [0.15, 0.2) is 11.0 Å². The van der Waals surface area contributed by atoms with Crippen molar-refractivity contribution in [3.8, 4) is 0 Å². The fourth-order valence-electron chi connectivity index (χ4n) is 1.13. The summed E-state index contributed by atoms with van der Waals surface area (Å²) in [6.45, 7) is 1.94. The molecule has 0 spiro atoms. The molecule has 2 rings (SSSR count). The van der Waals surface area contributed by atoms with Gasteiger partial charge in [0, 0.05) is 0 Å². The maximum atomic E-state index is 11.9. The molecule has 0 aliphatic rings. The Kier molecular flexibility index (Phi) is 3.00. The predicted octanol–water partition coefficient (Wildman–Crippen LogP) is 4.30. The number of halogens is 2. The topological polar surface area (TPSA) is 30.2 Å². The lowest BCUT2D eigenvalue weighted by Gasteiger charge is -1.90. The van der Waals surface area contributed by atoms with Crippen molar-refractivity contribution in [3.05, 3.63) is 43.4 Å². The fraction of sp³-hybridized carbons (Fsp3) is 0.100. The first-order chi connectivity index (χ1) is 7.08. The molecule has 2 nitrogen and oxygen atoms in total. The first kappa shape index (κ1) is 10.9. The molecule has 0 aromatic carbocycles. The molecule has 2 heterocycles. The highest BCUT2D eigenvalue weighted by Gasteiger charge is 2.16. The first-order valence-electron chi connectivity index (χ1n) is 4.14. The lowest BCUT2D eigenvalue weighted by atomic mass is 10.2. The maximum Gasteiger partial charge on any atom is 0.238 e. The Morgan fingerprint density at radius 2 is 2.27 bits per heavy atom. The van der Waals surface area contributed by atoms with Gasteiger partial charge in [-0.3, -0.25) is 4.79 Å². The molecule has 78 valence electrons.